The number of pyridine rings is 1. The minimum Gasteiger partial charge on any atom is -0.477 e. The van der Waals surface area contributed by atoms with Gasteiger partial charge in [-0.25, -0.2) is 9.97 Å². The molecule has 2 heterocycles. The fraction of sp³-hybridized carbons (Fsp3) is 0.545. The van der Waals surface area contributed by atoms with Gasteiger partial charge in [-0.15, -0.1) is 0 Å². The zero-order valence-electron chi connectivity index (χ0n) is 18.5. The molecule has 1 saturated carbocycles. The third-order valence-electron chi connectivity index (χ3n) is 5.48. The summed E-state index contributed by atoms with van der Waals surface area (Å²) < 4.78 is 5.48. The van der Waals surface area contributed by atoms with Crippen molar-refractivity contribution in [1.29, 1.82) is 0 Å². The first-order valence-electron chi connectivity index (χ1n) is 10.6. The minimum atomic E-state index is -0.129. The lowest BCUT2D eigenvalue weighted by atomic mass is 9.91. The molecule has 0 radical (unpaired) electrons. The summed E-state index contributed by atoms with van der Waals surface area (Å²) in [4.78, 5) is 28.1. The molecule has 1 fully saturated rings. The maximum atomic E-state index is 12.7. The fourth-order valence-corrected chi connectivity index (χ4v) is 3.76. The lowest BCUT2D eigenvalue weighted by Gasteiger charge is -2.30. The van der Waals surface area contributed by atoms with Crippen LogP contribution in [0.15, 0.2) is 18.3 Å². The Bertz CT molecular complexity index is 878. The number of amides is 1. The van der Waals surface area contributed by atoms with Crippen molar-refractivity contribution in [3.05, 3.63) is 35.2 Å². The monoisotopic (exact) mass is 412 g/mol. The van der Waals surface area contributed by atoms with Crippen LogP contribution >= 0.6 is 0 Å². The highest BCUT2D eigenvalue weighted by Crippen LogP contribution is 2.25. The molecule has 2 N–H and O–H groups in total. The highest BCUT2D eigenvalue weighted by molar-refractivity contribution is 5.96. The summed E-state index contributed by atoms with van der Waals surface area (Å²) in [6.07, 6.45) is 5.33. The summed E-state index contributed by atoms with van der Waals surface area (Å²) in [5, 5.41) is 6.62. The molecule has 1 amide bonds. The Labute approximate surface area is 178 Å². The summed E-state index contributed by atoms with van der Waals surface area (Å²) in [5.74, 6) is 1.87. The van der Waals surface area contributed by atoms with Crippen molar-refractivity contribution < 1.29 is 9.53 Å². The summed E-state index contributed by atoms with van der Waals surface area (Å²) in [6, 6.07) is 3.94. The van der Waals surface area contributed by atoms with Crippen LogP contribution in [0, 0.1) is 13.8 Å². The van der Waals surface area contributed by atoms with E-state index in [0.717, 1.165) is 42.8 Å². The van der Waals surface area contributed by atoms with E-state index in [1.165, 1.54) is 0 Å². The molecule has 2 aromatic rings. The van der Waals surface area contributed by atoms with Crippen LogP contribution in [0.2, 0.25) is 0 Å². The van der Waals surface area contributed by atoms with Crippen molar-refractivity contribution >= 4 is 17.7 Å². The van der Waals surface area contributed by atoms with Crippen LogP contribution in [0.25, 0.3) is 0 Å². The lowest BCUT2D eigenvalue weighted by molar-refractivity contribution is 0.0922. The van der Waals surface area contributed by atoms with E-state index in [1.807, 2.05) is 39.8 Å². The minimum absolute atomic E-state index is 0.129. The molecule has 0 atom stereocenters. The molecule has 30 heavy (non-hydrogen) atoms. The lowest BCUT2D eigenvalue weighted by Crippen LogP contribution is -2.40. The Morgan fingerprint density at radius 3 is 2.53 bits per heavy atom. The SMILES string of the molecule is CCOc1ncccc1C(=O)NC1CCC(Nc2nc(C)c(C)c(N(C)C)n2)CC1. The number of hydrogen-bond donors (Lipinski definition) is 2. The topological polar surface area (TPSA) is 92.3 Å². The highest BCUT2D eigenvalue weighted by Gasteiger charge is 2.25. The normalized spacial score (nSPS) is 18.6. The molecule has 0 spiro atoms. The van der Waals surface area contributed by atoms with Crippen LogP contribution in [0.3, 0.4) is 0 Å². The van der Waals surface area contributed by atoms with Gasteiger partial charge in [0.1, 0.15) is 11.4 Å². The molecule has 0 unspecified atom stereocenters. The summed E-state index contributed by atoms with van der Waals surface area (Å²) >= 11 is 0. The maximum Gasteiger partial charge on any atom is 0.256 e. The van der Waals surface area contributed by atoms with Gasteiger partial charge in [0.05, 0.1) is 6.61 Å². The number of ether oxygens (including phenoxy) is 1. The van der Waals surface area contributed by atoms with E-state index >= 15 is 0 Å². The molecule has 8 heteroatoms. The molecule has 0 bridgehead atoms. The Balaban J connectivity index is 1.56. The molecule has 3 rings (SSSR count). The molecule has 8 nitrogen and oxygen atoms in total. The zero-order valence-corrected chi connectivity index (χ0v) is 18.5. The molecule has 2 aromatic heterocycles. The molecule has 0 aliphatic heterocycles. The van der Waals surface area contributed by atoms with E-state index in [1.54, 1.807) is 18.3 Å². The number of nitrogens with one attached hydrogen (secondary N) is 2. The maximum absolute atomic E-state index is 12.7. The van der Waals surface area contributed by atoms with Crippen molar-refractivity contribution in [2.45, 2.75) is 58.5 Å². The molecular weight excluding hydrogens is 380 g/mol. The fourth-order valence-electron chi connectivity index (χ4n) is 3.76. The Morgan fingerprint density at radius 1 is 1.17 bits per heavy atom. The first-order chi connectivity index (χ1) is 14.4. The molecule has 0 aromatic carbocycles. The van der Waals surface area contributed by atoms with E-state index in [0.29, 0.717) is 30.0 Å². The predicted octanol–water partition coefficient (Wildman–Crippen LogP) is 3.11. The zero-order chi connectivity index (χ0) is 21.7. The first kappa shape index (κ1) is 21.8. The van der Waals surface area contributed by atoms with Crippen LogP contribution in [0.4, 0.5) is 11.8 Å². The van der Waals surface area contributed by atoms with E-state index in [2.05, 4.69) is 25.6 Å². The van der Waals surface area contributed by atoms with E-state index in [9.17, 15) is 4.79 Å². The second-order valence-corrected chi connectivity index (χ2v) is 7.93. The number of aromatic nitrogens is 3. The van der Waals surface area contributed by atoms with Gasteiger partial charge in [0.25, 0.3) is 5.91 Å². The van der Waals surface area contributed by atoms with E-state index < -0.39 is 0 Å². The van der Waals surface area contributed by atoms with Gasteiger partial charge in [0, 0.05) is 43.6 Å². The van der Waals surface area contributed by atoms with Crippen molar-refractivity contribution in [1.82, 2.24) is 20.3 Å². The number of hydrogen-bond acceptors (Lipinski definition) is 7. The van der Waals surface area contributed by atoms with Gasteiger partial charge in [-0.05, 0) is 58.6 Å². The number of rotatable bonds is 7. The quantitative estimate of drug-likeness (QED) is 0.722. The van der Waals surface area contributed by atoms with Crippen molar-refractivity contribution in [2.75, 3.05) is 30.9 Å². The largest absolute Gasteiger partial charge is 0.477 e. The summed E-state index contributed by atoms with van der Waals surface area (Å²) in [6.45, 7) is 6.41. The molecule has 1 aliphatic carbocycles. The summed E-state index contributed by atoms with van der Waals surface area (Å²) in [7, 11) is 3.98. The Hall–Kier alpha value is -2.90. The number of aryl methyl sites for hydroxylation is 1. The van der Waals surface area contributed by atoms with Crippen molar-refractivity contribution in [3.8, 4) is 5.88 Å². The third kappa shape index (κ3) is 5.17. The van der Waals surface area contributed by atoms with Crippen LogP contribution in [-0.2, 0) is 0 Å². The van der Waals surface area contributed by atoms with Gasteiger partial charge in [0.2, 0.25) is 11.8 Å². The smallest absolute Gasteiger partial charge is 0.256 e. The van der Waals surface area contributed by atoms with Crippen LogP contribution in [-0.4, -0.2) is 53.6 Å². The van der Waals surface area contributed by atoms with Gasteiger partial charge in [0.15, 0.2) is 0 Å². The number of carbonyl (C=O) groups excluding carboxylic acids is 1. The van der Waals surface area contributed by atoms with Gasteiger partial charge >= 0.3 is 0 Å². The van der Waals surface area contributed by atoms with Crippen LogP contribution < -0.4 is 20.3 Å². The molecule has 162 valence electrons. The summed E-state index contributed by atoms with van der Waals surface area (Å²) in [5.41, 5.74) is 2.57. The van der Waals surface area contributed by atoms with Crippen molar-refractivity contribution in [2.24, 2.45) is 0 Å². The average molecular weight is 413 g/mol. The standard InChI is InChI=1S/C22H32N6O2/c1-6-30-21-18(8-7-13-23-21)20(29)25-16-9-11-17(12-10-16)26-22-24-15(3)14(2)19(27-22)28(4)5/h7-8,13,16-17H,6,9-12H2,1-5H3,(H,25,29)(H,24,26,27). The van der Waals surface area contributed by atoms with Gasteiger partial charge in [-0.3, -0.25) is 4.79 Å². The Morgan fingerprint density at radius 2 is 1.87 bits per heavy atom. The van der Waals surface area contributed by atoms with Gasteiger partial charge in [-0.2, -0.15) is 4.98 Å². The highest BCUT2D eigenvalue weighted by atomic mass is 16.5. The predicted molar refractivity (Wildman–Crippen MR) is 118 cm³/mol. The van der Waals surface area contributed by atoms with E-state index in [-0.39, 0.29) is 11.9 Å². The first-order valence-corrected chi connectivity index (χ1v) is 10.6. The van der Waals surface area contributed by atoms with Crippen LogP contribution in [0.1, 0.15) is 54.2 Å². The average Bonchev–Trinajstić information content (AvgIpc) is 2.72. The van der Waals surface area contributed by atoms with E-state index in [4.69, 9.17) is 4.74 Å². The second-order valence-electron chi connectivity index (χ2n) is 7.93. The number of carbonyl (C=O) groups is 1. The van der Waals surface area contributed by atoms with Gasteiger partial charge < -0.3 is 20.3 Å². The number of anilines is 2. The van der Waals surface area contributed by atoms with Crippen LogP contribution in [0.5, 0.6) is 5.88 Å². The number of nitrogens with zero attached hydrogens (tertiary/aromatic N) is 4. The molecular formula is C22H32N6O2. The third-order valence-corrected chi connectivity index (χ3v) is 5.48. The van der Waals surface area contributed by atoms with Gasteiger partial charge in [-0.1, -0.05) is 0 Å². The molecule has 0 saturated heterocycles. The Kier molecular flexibility index (Phi) is 7.07. The second kappa shape index (κ2) is 9.73. The molecule has 1 aliphatic rings. The van der Waals surface area contributed by atoms with Crippen molar-refractivity contribution in [3.63, 3.8) is 0 Å².